The normalized spacial score (nSPS) is 14.4. The second-order valence-electron chi connectivity index (χ2n) is 4.36. The molecule has 2 atom stereocenters. The molecule has 0 amide bonds. The third kappa shape index (κ3) is 4.97. The predicted octanol–water partition coefficient (Wildman–Crippen LogP) is 3.52. The summed E-state index contributed by atoms with van der Waals surface area (Å²) in [6, 6.07) is 8.15. The van der Waals surface area contributed by atoms with Gasteiger partial charge in [0, 0.05) is 13.0 Å². The van der Waals surface area contributed by atoms with Crippen LogP contribution in [0.4, 0.5) is 0 Å². The van der Waals surface area contributed by atoms with E-state index in [0.29, 0.717) is 11.8 Å². The van der Waals surface area contributed by atoms with Gasteiger partial charge in [0.05, 0.1) is 13.2 Å². The van der Waals surface area contributed by atoms with Crippen LogP contribution in [0.1, 0.15) is 18.9 Å². The van der Waals surface area contributed by atoms with Gasteiger partial charge in [-0.1, -0.05) is 12.1 Å². The Morgan fingerprint density at radius 3 is 2.65 bits per heavy atom. The first-order valence-corrected chi connectivity index (χ1v) is 6.44. The van der Waals surface area contributed by atoms with Crippen LogP contribution in [0.15, 0.2) is 24.3 Å². The molecule has 0 N–H and O–H groups in total. The van der Waals surface area contributed by atoms with Crippen LogP contribution in [0.3, 0.4) is 0 Å². The van der Waals surface area contributed by atoms with E-state index in [1.54, 1.807) is 14.2 Å². The molecule has 0 heterocycles. The van der Waals surface area contributed by atoms with Gasteiger partial charge in [-0.15, -0.1) is 11.6 Å². The van der Waals surface area contributed by atoms with E-state index in [0.717, 1.165) is 18.6 Å². The maximum Gasteiger partial charge on any atom is 0.119 e. The van der Waals surface area contributed by atoms with Gasteiger partial charge in [-0.2, -0.15) is 0 Å². The van der Waals surface area contributed by atoms with Crippen LogP contribution in [0.5, 0.6) is 5.75 Å². The van der Waals surface area contributed by atoms with Crippen molar-refractivity contribution in [3.8, 4) is 5.75 Å². The molecule has 2 nitrogen and oxygen atoms in total. The van der Waals surface area contributed by atoms with E-state index < -0.39 is 0 Å². The predicted molar refractivity (Wildman–Crippen MR) is 72.0 cm³/mol. The molecule has 1 aromatic carbocycles. The molecule has 0 spiro atoms. The van der Waals surface area contributed by atoms with E-state index in [-0.39, 0.29) is 6.10 Å². The van der Waals surface area contributed by atoms with Crippen molar-refractivity contribution < 1.29 is 9.47 Å². The van der Waals surface area contributed by atoms with Gasteiger partial charge in [-0.05, 0) is 43.4 Å². The molecule has 96 valence electrons. The van der Waals surface area contributed by atoms with Crippen LogP contribution >= 0.6 is 11.6 Å². The highest BCUT2D eigenvalue weighted by Gasteiger charge is 2.13. The molecular weight excluding hydrogens is 236 g/mol. The smallest absolute Gasteiger partial charge is 0.119 e. The van der Waals surface area contributed by atoms with Crippen LogP contribution in [0, 0.1) is 5.92 Å². The van der Waals surface area contributed by atoms with Crippen molar-refractivity contribution in [2.45, 2.75) is 25.9 Å². The van der Waals surface area contributed by atoms with Crippen molar-refractivity contribution >= 4 is 11.6 Å². The Hall–Kier alpha value is -0.730. The fourth-order valence-electron chi connectivity index (χ4n) is 1.90. The van der Waals surface area contributed by atoms with E-state index in [1.165, 1.54) is 5.56 Å². The minimum atomic E-state index is 0.254. The number of rotatable bonds is 7. The summed E-state index contributed by atoms with van der Waals surface area (Å²) in [5, 5.41) is 0. The summed E-state index contributed by atoms with van der Waals surface area (Å²) < 4.78 is 10.5. The Bertz CT molecular complexity index is 328. The summed E-state index contributed by atoms with van der Waals surface area (Å²) in [4.78, 5) is 0. The lowest BCUT2D eigenvalue weighted by Crippen LogP contribution is -2.16. The van der Waals surface area contributed by atoms with Crippen molar-refractivity contribution in [2.75, 3.05) is 20.1 Å². The fraction of sp³-hybridized carbons (Fsp3) is 0.571. The maximum absolute atomic E-state index is 6.01. The van der Waals surface area contributed by atoms with Crippen molar-refractivity contribution in [3.05, 3.63) is 29.8 Å². The van der Waals surface area contributed by atoms with E-state index in [2.05, 4.69) is 19.1 Å². The lowest BCUT2D eigenvalue weighted by molar-refractivity contribution is 0.0978. The highest BCUT2D eigenvalue weighted by molar-refractivity contribution is 6.18. The summed E-state index contributed by atoms with van der Waals surface area (Å²) >= 11 is 6.01. The number of hydrogen-bond donors (Lipinski definition) is 0. The largest absolute Gasteiger partial charge is 0.497 e. The number of methoxy groups -OCH3 is 2. The number of halogens is 1. The zero-order valence-electron chi connectivity index (χ0n) is 10.8. The maximum atomic E-state index is 6.01. The molecule has 3 heteroatoms. The average Bonchev–Trinajstić information content (AvgIpc) is 2.37. The van der Waals surface area contributed by atoms with Crippen molar-refractivity contribution in [3.63, 3.8) is 0 Å². The summed E-state index contributed by atoms with van der Waals surface area (Å²) in [6.45, 7) is 2.07. The van der Waals surface area contributed by atoms with Crippen LogP contribution < -0.4 is 4.74 Å². The number of ether oxygens (including phenoxy) is 2. The fourth-order valence-corrected chi connectivity index (χ4v) is 2.13. The minimum absolute atomic E-state index is 0.254. The first kappa shape index (κ1) is 14.3. The molecule has 1 aromatic rings. The second-order valence-corrected chi connectivity index (χ2v) is 4.67. The monoisotopic (exact) mass is 256 g/mol. The van der Waals surface area contributed by atoms with Gasteiger partial charge in [0.15, 0.2) is 0 Å². The molecule has 0 fully saturated rings. The Balaban J connectivity index is 2.60. The number of alkyl halides is 1. The molecule has 0 bridgehead atoms. The van der Waals surface area contributed by atoms with Crippen LogP contribution in [-0.2, 0) is 11.2 Å². The van der Waals surface area contributed by atoms with Gasteiger partial charge in [0.25, 0.3) is 0 Å². The molecule has 0 aliphatic heterocycles. The van der Waals surface area contributed by atoms with Crippen molar-refractivity contribution in [2.24, 2.45) is 5.92 Å². The molecule has 0 radical (unpaired) electrons. The quantitative estimate of drug-likeness (QED) is 0.695. The molecule has 0 saturated carbocycles. The lowest BCUT2D eigenvalue weighted by Gasteiger charge is -2.18. The first-order chi connectivity index (χ1) is 8.19. The highest BCUT2D eigenvalue weighted by atomic mass is 35.5. The summed E-state index contributed by atoms with van der Waals surface area (Å²) in [5.74, 6) is 2.00. The van der Waals surface area contributed by atoms with Gasteiger partial charge in [-0.3, -0.25) is 0 Å². The third-order valence-electron chi connectivity index (χ3n) is 2.94. The van der Waals surface area contributed by atoms with Gasteiger partial charge >= 0.3 is 0 Å². The van der Waals surface area contributed by atoms with Crippen molar-refractivity contribution in [1.82, 2.24) is 0 Å². The first-order valence-electron chi connectivity index (χ1n) is 5.91. The lowest BCUT2D eigenvalue weighted by atomic mass is 9.95. The third-order valence-corrected chi connectivity index (χ3v) is 3.38. The zero-order valence-corrected chi connectivity index (χ0v) is 11.5. The standard InChI is InChI=1S/C14H21ClO2/c1-11(16-2)7-13(10-15)8-12-5-4-6-14(9-12)17-3/h4-6,9,11,13H,7-8,10H2,1-3H3. The van der Waals surface area contributed by atoms with Gasteiger partial charge in [0.1, 0.15) is 5.75 Å². The Morgan fingerprint density at radius 2 is 2.06 bits per heavy atom. The molecule has 2 unspecified atom stereocenters. The van der Waals surface area contributed by atoms with Crippen LogP contribution in [-0.4, -0.2) is 26.2 Å². The van der Waals surface area contributed by atoms with Crippen molar-refractivity contribution in [1.29, 1.82) is 0 Å². The highest BCUT2D eigenvalue weighted by Crippen LogP contribution is 2.20. The molecule has 0 saturated heterocycles. The van der Waals surface area contributed by atoms with Gasteiger partial charge < -0.3 is 9.47 Å². The zero-order chi connectivity index (χ0) is 12.7. The topological polar surface area (TPSA) is 18.5 Å². The van der Waals surface area contributed by atoms with Crippen LogP contribution in [0.25, 0.3) is 0 Å². The van der Waals surface area contributed by atoms with E-state index in [4.69, 9.17) is 21.1 Å². The van der Waals surface area contributed by atoms with E-state index in [9.17, 15) is 0 Å². The summed E-state index contributed by atoms with van der Waals surface area (Å²) in [5.41, 5.74) is 1.26. The Morgan fingerprint density at radius 1 is 1.29 bits per heavy atom. The number of benzene rings is 1. The van der Waals surface area contributed by atoms with E-state index >= 15 is 0 Å². The Labute approximate surface area is 109 Å². The average molecular weight is 257 g/mol. The molecule has 17 heavy (non-hydrogen) atoms. The number of hydrogen-bond acceptors (Lipinski definition) is 2. The van der Waals surface area contributed by atoms with Crippen LogP contribution in [0.2, 0.25) is 0 Å². The summed E-state index contributed by atoms with van der Waals surface area (Å²) in [7, 11) is 3.42. The minimum Gasteiger partial charge on any atom is -0.497 e. The molecule has 1 rings (SSSR count). The molecular formula is C14H21ClO2. The second kappa shape index (κ2) is 7.57. The Kier molecular flexibility index (Phi) is 6.38. The molecule has 0 aliphatic carbocycles. The molecule has 0 aliphatic rings. The van der Waals surface area contributed by atoms with E-state index in [1.807, 2.05) is 12.1 Å². The van der Waals surface area contributed by atoms with Gasteiger partial charge in [0.2, 0.25) is 0 Å². The van der Waals surface area contributed by atoms with Gasteiger partial charge in [-0.25, -0.2) is 0 Å². The SMILES string of the molecule is COc1cccc(CC(CCl)CC(C)OC)c1. The molecule has 0 aromatic heterocycles. The summed E-state index contributed by atoms with van der Waals surface area (Å²) in [6.07, 6.45) is 2.20.